The Labute approximate surface area is 143 Å². The minimum atomic E-state index is -3.87. The lowest BCUT2D eigenvalue weighted by molar-refractivity contribution is 0.203. The number of ether oxygens (including phenoxy) is 1. The third-order valence-electron chi connectivity index (χ3n) is 3.97. The average Bonchev–Trinajstić information content (AvgIpc) is 2.41. The van der Waals surface area contributed by atoms with Gasteiger partial charge in [-0.2, -0.15) is 5.26 Å². The summed E-state index contributed by atoms with van der Waals surface area (Å²) in [5, 5.41) is 9.16. The molecular weight excluding hydrogens is 354 g/mol. The molecule has 0 heterocycles. The topological polar surface area (TPSA) is 76.4 Å². The fraction of sp³-hybridized carbons (Fsp3) is 0.533. The van der Waals surface area contributed by atoms with Gasteiger partial charge in [0.15, 0.2) is 8.32 Å². The molecule has 0 fully saturated rings. The number of benzene rings is 1. The molecule has 8 heteroatoms. The SMILES string of the molecule is CC(C)(C)[Si](C)(C)OCCOc1cc(S(=O)(=O)Cl)ccc1C#N. The van der Waals surface area contributed by atoms with Gasteiger partial charge in [0.2, 0.25) is 0 Å². The standard InChI is InChI=1S/C15H22ClNO4SSi/c1-15(2,3)23(4,5)21-9-8-20-14-10-13(22(16,18)19)7-6-12(14)11-17/h6-7,10H,8-9H2,1-5H3. The molecule has 0 N–H and O–H groups in total. The molecule has 1 aromatic carbocycles. The highest BCUT2D eigenvalue weighted by Crippen LogP contribution is 2.36. The molecule has 1 aromatic rings. The second kappa shape index (κ2) is 7.22. The fourth-order valence-electron chi connectivity index (χ4n) is 1.53. The molecule has 1 rings (SSSR count). The summed E-state index contributed by atoms with van der Waals surface area (Å²) in [5.74, 6) is 0.188. The van der Waals surface area contributed by atoms with E-state index in [-0.39, 0.29) is 27.9 Å². The van der Waals surface area contributed by atoms with E-state index in [1.807, 2.05) is 6.07 Å². The maximum Gasteiger partial charge on any atom is 0.261 e. The van der Waals surface area contributed by atoms with Crippen molar-refractivity contribution in [3.63, 3.8) is 0 Å². The molecule has 0 bridgehead atoms. The molecule has 0 saturated carbocycles. The van der Waals surface area contributed by atoms with E-state index in [2.05, 4.69) is 33.9 Å². The average molecular weight is 376 g/mol. The lowest BCUT2D eigenvalue weighted by atomic mass is 10.2. The van der Waals surface area contributed by atoms with Gasteiger partial charge >= 0.3 is 0 Å². The number of rotatable bonds is 6. The summed E-state index contributed by atoms with van der Waals surface area (Å²) in [4.78, 5) is -0.0986. The Morgan fingerprint density at radius 1 is 1.26 bits per heavy atom. The second-order valence-corrected chi connectivity index (χ2v) is 14.0. The van der Waals surface area contributed by atoms with Crippen molar-refractivity contribution >= 4 is 28.1 Å². The quantitative estimate of drug-likeness (QED) is 0.428. The number of halogens is 1. The third kappa shape index (κ3) is 5.50. The lowest BCUT2D eigenvalue weighted by Crippen LogP contribution is -2.41. The first-order valence-corrected chi connectivity index (χ1v) is 12.4. The minimum Gasteiger partial charge on any atom is -0.490 e. The van der Waals surface area contributed by atoms with E-state index >= 15 is 0 Å². The number of nitrogens with zero attached hydrogens (tertiary/aromatic N) is 1. The first-order chi connectivity index (χ1) is 10.4. The van der Waals surface area contributed by atoms with Gasteiger partial charge in [0, 0.05) is 16.7 Å². The molecule has 0 unspecified atom stereocenters. The van der Waals surface area contributed by atoms with Gasteiger partial charge in [-0.15, -0.1) is 0 Å². The second-order valence-electron chi connectivity index (χ2n) is 6.66. The van der Waals surface area contributed by atoms with Crippen molar-refractivity contribution in [1.82, 2.24) is 0 Å². The van der Waals surface area contributed by atoms with Gasteiger partial charge in [-0.3, -0.25) is 0 Å². The number of hydrogen-bond acceptors (Lipinski definition) is 5. The van der Waals surface area contributed by atoms with Gasteiger partial charge in [0.25, 0.3) is 9.05 Å². The first-order valence-electron chi connectivity index (χ1n) is 7.14. The Hall–Kier alpha value is -1.07. The van der Waals surface area contributed by atoms with E-state index in [4.69, 9.17) is 25.1 Å². The van der Waals surface area contributed by atoms with Crippen LogP contribution >= 0.6 is 10.7 Å². The van der Waals surface area contributed by atoms with Crippen molar-refractivity contribution in [2.45, 2.75) is 43.8 Å². The minimum absolute atomic E-state index is 0.0947. The predicted molar refractivity (Wildman–Crippen MR) is 92.8 cm³/mol. The van der Waals surface area contributed by atoms with Crippen molar-refractivity contribution in [3.8, 4) is 11.8 Å². The fourth-order valence-corrected chi connectivity index (χ4v) is 3.32. The van der Waals surface area contributed by atoms with E-state index in [9.17, 15) is 8.42 Å². The lowest BCUT2D eigenvalue weighted by Gasteiger charge is -2.36. The number of hydrogen-bond donors (Lipinski definition) is 0. The van der Waals surface area contributed by atoms with Crippen molar-refractivity contribution in [2.75, 3.05) is 13.2 Å². The summed E-state index contributed by atoms with van der Waals surface area (Å²) in [6.45, 7) is 11.3. The number of nitriles is 1. The van der Waals surface area contributed by atoms with Crippen LogP contribution in [0.15, 0.2) is 23.1 Å². The van der Waals surface area contributed by atoms with E-state index in [1.54, 1.807) is 0 Å². The third-order valence-corrected chi connectivity index (χ3v) is 9.85. The van der Waals surface area contributed by atoms with Crippen LogP contribution in [0.4, 0.5) is 0 Å². The molecule has 0 aliphatic carbocycles. The molecule has 5 nitrogen and oxygen atoms in total. The zero-order chi connectivity index (χ0) is 17.9. The van der Waals surface area contributed by atoms with E-state index in [0.717, 1.165) is 0 Å². The first kappa shape index (κ1) is 20.0. The van der Waals surface area contributed by atoms with Crippen LogP contribution < -0.4 is 4.74 Å². The van der Waals surface area contributed by atoms with Crippen LogP contribution in [0.5, 0.6) is 5.75 Å². The van der Waals surface area contributed by atoms with E-state index < -0.39 is 17.4 Å². The van der Waals surface area contributed by atoms with Gasteiger partial charge in [-0.1, -0.05) is 20.8 Å². The summed E-state index contributed by atoms with van der Waals surface area (Å²) in [7, 11) is -0.421. The molecule has 0 atom stereocenters. The van der Waals surface area contributed by atoms with Crippen LogP contribution in [0.3, 0.4) is 0 Å². The summed E-state index contributed by atoms with van der Waals surface area (Å²) in [5.41, 5.74) is 0.251. The molecule has 0 saturated heterocycles. The molecule has 0 aliphatic heterocycles. The van der Waals surface area contributed by atoms with Gasteiger partial charge < -0.3 is 9.16 Å². The van der Waals surface area contributed by atoms with Crippen molar-refractivity contribution in [3.05, 3.63) is 23.8 Å². The monoisotopic (exact) mass is 375 g/mol. The molecule has 0 amide bonds. The Morgan fingerprint density at radius 3 is 2.35 bits per heavy atom. The summed E-state index contributed by atoms with van der Waals surface area (Å²) >= 11 is 0. The summed E-state index contributed by atoms with van der Waals surface area (Å²) in [6.07, 6.45) is 0. The highest BCUT2D eigenvalue weighted by atomic mass is 35.7. The van der Waals surface area contributed by atoms with Crippen molar-refractivity contribution in [2.24, 2.45) is 0 Å². The molecule has 128 valence electrons. The largest absolute Gasteiger partial charge is 0.490 e. The van der Waals surface area contributed by atoms with Crippen LogP contribution in [-0.4, -0.2) is 29.9 Å². The van der Waals surface area contributed by atoms with E-state index in [0.29, 0.717) is 6.61 Å². The van der Waals surface area contributed by atoms with Crippen LogP contribution in [0, 0.1) is 11.3 Å². The predicted octanol–water partition coefficient (Wildman–Crippen LogP) is 3.89. The Balaban J connectivity index is 2.77. The Kier molecular flexibility index (Phi) is 6.27. The summed E-state index contributed by atoms with van der Waals surface area (Å²) in [6, 6.07) is 5.87. The Bertz CT molecular complexity index is 705. The van der Waals surface area contributed by atoms with Crippen molar-refractivity contribution < 1.29 is 17.6 Å². The van der Waals surface area contributed by atoms with E-state index in [1.165, 1.54) is 18.2 Å². The van der Waals surface area contributed by atoms with Gasteiger partial charge in [0.05, 0.1) is 17.1 Å². The maximum absolute atomic E-state index is 11.4. The molecule has 0 spiro atoms. The van der Waals surface area contributed by atoms with Gasteiger partial charge in [-0.25, -0.2) is 8.42 Å². The van der Waals surface area contributed by atoms with Gasteiger partial charge in [0.1, 0.15) is 18.4 Å². The van der Waals surface area contributed by atoms with Crippen LogP contribution in [0.25, 0.3) is 0 Å². The molecule has 0 radical (unpaired) electrons. The molecular formula is C15H22ClNO4SSi. The zero-order valence-electron chi connectivity index (χ0n) is 14.0. The molecule has 0 aliphatic rings. The summed E-state index contributed by atoms with van der Waals surface area (Å²) < 4.78 is 34.2. The zero-order valence-corrected chi connectivity index (χ0v) is 16.6. The van der Waals surface area contributed by atoms with Crippen LogP contribution in [-0.2, 0) is 13.5 Å². The highest BCUT2D eigenvalue weighted by Gasteiger charge is 2.36. The Morgan fingerprint density at radius 2 is 1.87 bits per heavy atom. The smallest absolute Gasteiger partial charge is 0.261 e. The van der Waals surface area contributed by atoms with Crippen molar-refractivity contribution in [1.29, 1.82) is 5.26 Å². The normalized spacial score (nSPS) is 12.7. The van der Waals surface area contributed by atoms with Crippen LogP contribution in [0.2, 0.25) is 18.1 Å². The highest BCUT2D eigenvalue weighted by molar-refractivity contribution is 8.13. The maximum atomic E-state index is 11.4. The van der Waals surface area contributed by atoms with Gasteiger partial charge in [-0.05, 0) is 30.3 Å². The molecule has 23 heavy (non-hydrogen) atoms. The van der Waals surface area contributed by atoms with Crippen LogP contribution in [0.1, 0.15) is 26.3 Å². The molecule has 0 aromatic heterocycles.